The Morgan fingerprint density at radius 2 is 0.637 bits per heavy atom. The van der Waals surface area contributed by atoms with Gasteiger partial charge in [0.1, 0.15) is 11.6 Å². The first-order chi connectivity index (χ1) is 39.0. The van der Waals surface area contributed by atoms with E-state index in [4.69, 9.17) is 9.97 Å². The highest BCUT2D eigenvalue weighted by molar-refractivity contribution is 6.17. The van der Waals surface area contributed by atoms with Crippen LogP contribution in [-0.4, -0.2) is 9.97 Å². The number of rotatable bonds is 10. The van der Waals surface area contributed by atoms with Gasteiger partial charge < -0.3 is 9.80 Å². The third-order valence-corrected chi connectivity index (χ3v) is 16.7. The van der Waals surface area contributed by atoms with E-state index in [9.17, 15) is 0 Å². The van der Waals surface area contributed by atoms with Crippen molar-refractivity contribution in [2.75, 3.05) is 9.80 Å². The van der Waals surface area contributed by atoms with Crippen molar-refractivity contribution >= 4 is 44.9 Å². The van der Waals surface area contributed by atoms with Gasteiger partial charge in [0, 0.05) is 67.0 Å². The lowest BCUT2D eigenvalue weighted by molar-refractivity contribution is 0.630. The van der Waals surface area contributed by atoms with E-state index in [-0.39, 0.29) is 11.6 Å². The van der Waals surface area contributed by atoms with Crippen molar-refractivity contribution in [1.29, 1.82) is 0 Å². The normalized spacial score (nSPS) is 13.3. The van der Waals surface area contributed by atoms with Crippen molar-refractivity contribution in [3.05, 3.63) is 289 Å². The summed E-state index contributed by atoms with van der Waals surface area (Å²) in [5.74, 6) is -0.632. The van der Waals surface area contributed by atoms with Crippen molar-refractivity contribution in [2.45, 2.75) is 38.5 Å². The average Bonchev–Trinajstić information content (AvgIpc) is 4.10. The minimum atomic E-state index is -0.550. The second-order valence-electron chi connectivity index (χ2n) is 22.0. The van der Waals surface area contributed by atoms with Gasteiger partial charge in [-0.15, -0.1) is 0 Å². The number of aromatic nitrogens is 2. The number of pyridine rings is 2. The van der Waals surface area contributed by atoms with Crippen LogP contribution in [0.5, 0.6) is 0 Å². The molecular weight excluding hydrogens is 983 g/mol. The van der Waals surface area contributed by atoms with Gasteiger partial charge in [0.25, 0.3) is 0 Å². The van der Waals surface area contributed by atoms with Crippen LogP contribution < -0.4 is 9.80 Å². The third-order valence-electron chi connectivity index (χ3n) is 16.7. The number of nitrogens with zero attached hydrogens (tertiary/aromatic N) is 4. The number of benzene rings is 10. The zero-order valence-electron chi connectivity index (χ0n) is 44.8. The van der Waals surface area contributed by atoms with Gasteiger partial charge in [-0.1, -0.05) is 161 Å². The zero-order valence-corrected chi connectivity index (χ0v) is 44.8. The Morgan fingerprint density at radius 3 is 0.963 bits per heavy atom. The van der Waals surface area contributed by atoms with Gasteiger partial charge in [0.05, 0.1) is 35.2 Å². The van der Waals surface area contributed by atoms with Crippen molar-refractivity contribution in [2.24, 2.45) is 0 Å². The van der Waals surface area contributed by atoms with E-state index < -0.39 is 10.8 Å². The minimum Gasteiger partial charge on any atom is -0.309 e. The van der Waals surface area contributed by atoms with E-state index in [1.807, 2.05) is 109 Å². The number of fused-ring (bicyclic) bond motifs is 7. The first-order valence-corrected chi connectivity index (χ1v) is 27.3. The Bertz CT molecular complexity index is 3990. The second-order valence-corrected chi connectivity index (χ2v) is 22.0. The molecule has 0 aliphatic heterocycles. The summed E-state index contributed by atoms with van der Waals surface area (Å²) in [5, 5.41) is 1.74. The van der Waals surface area contributed by atoms with Gasteiger partial charge in [-0.25, -0.2) is 8.78 Å². The van der Waals surface area contributed by atoms with Crippen molar-refractivity contribution < 1.29 is 8.78 Å². The molecule has 2 aliphatic carbocycles. The Labute approximate surface area is 465 Å². The molecule has 0 N–H and O–H groups in total. The molecule has 2 aromatic heterocycles. The summed E-state index contributed by atoms with van der Waals surface area (Å²) in [6, 6.07) is 81.7. The largest absolute Gasteiger partial charge is 0.309 e. The van der Waals surface area contributed by atoms with Gasteiger partial charge >= 0.3 is 0 Å². The fraction of sp³-hybridized carbons (Fsp3) is 0.0811. The average molecular weight is 1040 g/mol. The second kappa shape index (κ2) is 19.0. The van der Waals surface area contributed by atoms with Gasteiger partial charge in [-0.05, 0) is 164 Å². The summed E-state index contributed by atoms with van der Waals surface area (Å²) in [7, 11) is 0. The highest BCUT2D eigenvalue weighted by Crippen LogP contribution is 2.60. The topological polar surface area (TPSA) is 32.3 Å². The van der Waals surface area contributed by atoms with E-state index in [2.05, 4.69) is 159 Å². The Hall–Kier alpha value is -9.78. The molecule has 0 unspecified atom stereocenters. The number of hydrogen-bond acceptors (Lipinski definition) is 4. The van der Waals surface area contributed by atoms with E-state index in [0.717, 1.165) is 123 Å². The third kappa shape index (κ3) is 7.85. The molecular formula is C74H54F2N4. The van der Waals surface area contributed by atoms with Crippen LogP contribution in [0.3, 0.4) is 0 Å². The van der Waals surface area contributed by atoms with Crippen LogP contribution in [0.4, 0.5) is 42.9 Å². The molecule has 4 nitrogen and oxygen atoms in total. The van der Waals surface area contributed by atoms with E-state index >= 15 is 8.78 Å². The lowest BCUT2D eigenvalue weighted by atomic mass is 9.76. The monoisotopic (exact) mass is 1040 g/mol. The number of anilines is 6. The van der Waals surface area contributed by atoms with Crippen molar-refractivity contribution in [1.82, 2.24) is 9.97 Å². The number of para-hydroxylation sites is 4. The molecule has 0 bridgehead atoms. The molecule has 0 spiro atoms. The van der Waals surface area contributed by atoms with Gasteiger partial charge in [0.2, 0.25) is 0 Å². The van der Waals surface area contributed by atoms with Crippen LogP contribution in [0.2, 0.25) is 0 Å². The summed E-state index contributed by atoms with van der Waals surface area (Å²) in [4.78, 5) is 14.6. The Balaban J connectivity index is 0.918. The van der Waals surface area contributed by atoms with E-state index in [1.54, 1.807) is 24.3 Å². The Kier molecular flexibility index (Phi) is 11.5. The smallest absolute Gasteiger partial charge is 0.131 e. The van der Waals surface area contributed by atoms with Crippen LogP contribution in [0.15, 0.2) is 255 Å². The van der Waals surface area contributed by atoms with Crippen LogP contribution in [-0.2, 0) is 10.8 Å². The summed E-state index contributed by atoms with van der Waals surface area (Å²) >= 11 is 0. The molecule has 0 fully saturated rings. The van der Waals surface area contributed by atoms with E-state index in [1.165, 1.54) is 0 Å². The van der Waals surface area contributed by atoms with Gasteiger partial charge in [-0.2, -0.15) is 0 Å². The molecule has 80 heavy (non-hydrogen) atoms. The lowest BCUT2D eigenvalue weighted by Gasteiger charge is -2.27. The molecule has 12 aromatic rings. The van der Waals surface area contributed by atoms with Gasteiger partial charge in [0.15, 0.2) is 0 Å². The van der Waals surface area contributed by atoms with Crippen LogP contribution in [0.25, 0.3) is 77.8 Å². The molecule has 6 heteroatoms. The molecule has 2 aliphatic rings. The molecule has 0 amide bonds. The molecule has 10 aromatic carbocycles. The predicted octanol–water partition coefficient (Wildman–Crippen LogP) is 20.1. The maximum atomic E-state index is 16.9. The van der Waals surface area contributed by atoms with Crippen LogP contribution in [0.1, 0.15) is 49.9 Å². The molecule has 384 valence electrons. The fourth-order valence-electron chi connectivity index (χ4n) is 12.7. The van der Waals surface area contributed by atoms with E-state index in [0.29, 0.717) is 11.1 Å². The van der Waals surface area contributed by atoms with Crippen molar-refractivity contribution in [3.8, 4) is 67.0 Å². The molecule has 14 rings (SSSR count). The fourth-order valence-corrected chi connectivity index (χ4v) is 12.7. The zero-order chi connectivity index (χ0) is 54.3. The SMILES string of the molecule is CC1(C)c2cc(-c3ccc(N(c4ccccc4)c4ccccc4)cn3)ccc2-c2c1cc1c(-c3ccccc3F)c3c(cc1c2-c1ccccc1F)C(C)(C)c1cc(-c2ccc(N(c4ccccc4)c4ccccc4)cn2)ccc1-3. The first-order valence-electron chi connectivity index (χ1n) is 27.3. The molecule has 0 atom stereocenters. The predicted molar refractivity (Wildman–Crippen MR) is 326 cm³/mol. The van der Waals surface area contributed by atoms with Crippen LogP contribution in [0, 0.1) is 11.6 Å². The highest BCUT2D eigenvalue weighted by atomic mass is 19.1. The molecule has 0 saturated heterocycles. The minimum absolute atomic E-state index is 0.316. The maximum absolute atomic E-state index is 16.9. The molecule has 0 saturated carbocycles. The number of hydrogen-bond donors (Lipinski definition) is 0. The summed E-state index contributed by atoms with van der Waals surface area (Å²) in [6.45, 7) is 9.02. The summed E-state index contributed by atoms with van der Waals surface area (Å²) < 4.78 is 33.9. The van der Waals surface area contributed by atoms with Gasteiger partial charge in [-0.3, -0.25) is 9.97 Å². The quantitative estimate of drug-likeness (QED) is 0.137. The maximum Gasteiger partial charge on any atom is 0.131 e. The summed E-state index contributed by atoms with van der Waals surface area (Å²) in [6.07, 6.45) is 3.88. The molecule has 2 heterocycles. The lowest BCUT2D eigenvalue weighted by Crippen LogP contribution is -2.16. The van der Waals surface area contributed by atoms with Crippen molar-refractivity contribution in [3.63, 3.8) is 0 Å². The summed E-state index contributed by atoms with van der Waals surface area (Å²) in [5.41, 5.74) is 19.6. The Morgan fingerprint density at radius 1 is 0.300 bits per heavy atom. The first kappa shape index (κ1) is 48.6. The standard InChI is InChI=1S/C74H54F2N4/c1-73(2)61-41-47(67-39-35-53(45-77-67)79(49-21-9-5-10-22-49)50-23-11-6-12-24-50)33-37-55(61)71-63(73)43-59-60(69(71)57-29-17-19-31-65(57)75)44-64-72(70(59)58-30-18-20-32-66(58)76)56-38-34-48(42-62(56)74(64,3)4)68-40-36-54(46-78-68)80(51-25-13-7-14-26-51)52-27-15-8-16-28-52/h5-46H,1-4H3. The highest BCUT2D eigenvalue weighted by Gasteiger charge is 2.43. The molecule has 0 radical (unpaired) electrons. The number of halogens is 2. The van der Waals surface area contributed by atoms with Crippen LogP contribution >= 0.6 is 0 Å².